The first-order valence-electron chi connectivity index (χ1n) is 12.2. The average molecular weight is 504 g/mol. The van der Waals surface area contributed by atoms with Crippen molar-refractivity contribution in [3.63, 3.8) is 0 Å². The Morgan fingerprint density at radius 2 is 1.65 bits per heavy atom. The van der Waals surface area contributed by atoms with Crippen molar-refractivity contribution in [3.05, 3.63) is 77.1 Å². The van der Waals surface area contributed by atoms with Crippen LogP contribution in [0.15, 0.2) is 54.6 Å². The first-order valence-corrected chi connectivity index (χ1v) is 12.2. The number of methoxy groups -OCH3 is 3. The molecule has 4 aromatic rings. The fourth-order valence-electron chi connectivity index (χ4n) is 4.27. The van der Waals surface area contributed by atoms with E-state index in [1.807, 2.05) is 36.4 Å². The number of para-hydroxylation sites is 2. The summed E-state index contributed by atoms with van der Waals surface area (Å²) in [4.78, 5) is 17.8. The third-order valence-electron chi connectivity index (χ3n) is 6.41. The molecule has 4 rings (SSSR count). The second-order valence-corrected chi connectivity index (χ2v) is 8.67. The van der Waals surface area contributed by atoms with Crippen LogP contribution in [0.5, 0.6) is 23.0 Å². The zero-order chi connectivity index (χ0) is 26.4. The number of nitrogens with zero attached hydrogens (tertiary/aromatic N) is 2. The van der Waals surface area contributed by atoms with E-state index in [2.05, 4.69) is 29.8 Å². The summed E-state index contributed by atoms with van der Waals surface area (Å²) >= 11 is 0. The van der Waals surface area contributed by atoms with E-state index < -0.39 is 0 Å². The third-order valence-corrected chi connectivity index (χ3v) is 6.41. The molecule has 8 heteroatoms. The van der Waals surface area contributed by atoms with Gasteiger partial charge in [-0.15, -0.1) is 0 Å². The van der Waals surface area contributed by atoms with Crippen molar-refractivity contribution < 1.29 is 23.7 Å². The molecule has 37 heavy (non-hydrogen) atoms. The zero-order valence-corrected chi connectivity index (χ0v) is 22.0. The van der Waals surface area contributed by atoms with Crippen LogP contribution < -0.4 is 24.3 Å². The Hall–Kier alpha value is -4.20. The van der Waals surface area contributed by atoms with Crippen LogP contribution in [0, 0.1) is 13.8 Å². The number of hydrogen-bond acceptors (Lipinski definition) is 6. The summed E-state index contributed by atoms with van der Waals surface area (Å²) in [6.07, 6.45) is 0.793. The lowest BCUT2D eigenvalue weighted by molar-refractivity contribution is 0.0948. The summed E-state index contributed by atoms with van der Waals surface area (Å²) in [5.41, 5.74) is 4.68. The molecule has 1 aromatic heterocycles. The van der Waals surface area contributed by atoms with Crippen LogP contribution in [0.4, 0.5) is 0 Å². The predicted molar refractivity (Wildman–Crippen MR) is 143 cm³/mol. The molecule has 0 aliphatic rings. The molecule has 1 N–H and O–H groups in total. The minimum atomic E-state index is -0.267. The molecular weight excluding hydrogens is 470 g/mol. The first kappa shape index (κ1) is 25.9. The number of nitrogens with one attached hydrogen (secondary N) is 1. The Morgan fingerprint density at radius 3 is 2.35 bits per heavy atom. The van der Waals surface area contributed by atoms with Crippen LogP contribution in [0.3, 0.4) is 0 Å². The number of hydrogen-bond donors (Lipinski definition) is 1. The van der Waals surface area contributed by atoms with Gasteiger partial charge in [-0.25, -0.2) is 4.98 Å². The molecular formula is C29H33N3O5. The maximum atomic E-state index is 13.0. The monoisotopic (exact) mass is 503 g/mol. The van der Waals surface area contributed by atoms with E-state index in [0.717, 1.165) is 34.6 Å². The van der Waals surface area contributed by atoms with Gasteiger partial charge in [0.15, 0.2) is 11.5 Å². The molecule has 0 bridgehead atoms. The SMILES string of the molecule is COc1cc(C(=O)NCc2nc3ccccc3n2CCCOc2cccc(C)c2C)cc(OC)c1OC. The smallest absolute Gasteiger partial charge is 0.251 e. The Morgan fingerprint density at radius 1 is 0.919 bits per heavy atom. The van der Waals surface area contributed by atoms with Crippen molar-refractivity contribution in [1.82, 2.24) is 14.9 Å². The number of imidazole rings is 1. The lowest BCUT2D eigenvalue weighted by Crippen LogP contribution is -2.25. The molecule has 0 radical (unpaired) electrons. The number of fused-ring (bicyclic) bond motifs is 1. The summed E-state index contributed by atoms with van der Waals surface area (Å²) in [7, 11) is 4.56. The number of aryl methyl sites for hydroxylation is 2. The summed E-state index contributed by atoms with van der Waals surface area (Å²) in [6, 6.07) is 17.3. The molecule has 0 saturated carbocycles. The number of benzene rings is 3. The molecule has 3 aromatic carbocycles. The summed E-state index contributed by atoms with van der Waals surface area (Å²) in [6.45, 7) is 5.71. The van der Waals surface area contributed by atoms with Crippen LogP contribution >= 0.6 is 0 Å². The third kappa shape index (κ3) is 5.63. The van der Waals surface area contributed by atoms with Crippen LogP contribution in [-0.4, -0.2) is 43.4 Å². The van der Waals surface area contributed by atoms with Crippen LogP contribution in [0.1, 0.15) is 33.7 Å². The van der Waals surface area contributed by atoms with Crippen molar-refractivity contribution in [1.29, 1.82) is 0 Å². The molecule has 194 valence electrons. The van der Waals surface area contributed by atoms with Crippen molar-refractivity contribution in [3.8, 4) is 23.0 Å². The number of carbonyl (C=O) groups is 1. The maximum absolute atomic E-state index is 13.0. The molecule has 0 aliphatic heterocycles. The van der Waals surface area contributed by atoms with Crippen LogP contribution in [0.25, 0.3) is 11.0 Å². The second-order valence-electron chi connectivity index (χ2n) is 8.67. The van der Waals surface area contributed by atoms with E-state index in [4.69, 9.17) is 23.9 Å². The lowest BCUT2D eigenvalue weighted by atomic mass is 10.1. The highest BCUT2D eigenvalue weighted by Gasteiger charge is 2.18. The van der Waals surface area contributed by atoms with Crippen LogP contribution in [0.2, 0.25) is 0 Å². The fraction of sp³-hybridized carbons (Fsp3) is 0.310. The highest BCUT2D eigenvalue weighted by Crippen LogP contribution is 2.38. The average Bonchev–Trinajstić information content (AvgIpc) is 3.28. The molecule has 0 aliphatic carbocycles. The Labute approximate surface area is 217 Å². The molecule has 0 spiro atoms. The number of ether oxygens (including phenoxy) is 4. The topological polar surface area (TPSA) is 83.8 Å². The van der Waals surface area contributed by atoms with E-state index >= 15 is 0 Å². The highest BCUT2D eigenvalue weighted by atomic mass is 16.5. The molecule has 1 amide bonds. The van der Waals surface area contributed by atoms with Gasteiger partial charge in [-0.05, 0) is 61.7 Å². The molecule has 0 fully saturated rings. The first-order chi connectivity index (χ1) is 18.0. The van der Waals surface area contributed by atoms with E-state index in [9.17, 15) is 4.79 Å². The minimum Gasteiger partial charge on any atom is -0.493 e. The summed E-state index contributed by atoms with van der Waals surface area (Å²) in [5, 5.41) is 2.98. The highest BCUT2D eigenvalue weighted by molar-refractivity contribution is 5.95. The quantitative estimate of drug-likeness (QED) is 0.288. The van der Waals surface area contributed by atoms with Gasteiger partial charge in [0.1, 0.15) is 11.6 Å². The largest absolute Gasteiger partial charge is 0.493 e. The Balaban J connectivity index is 1.47. The second kappa shape index (κ2) is 11.7. The number of carbonyl (C=O) groups excluding carboxylic acids is 1. The van der Waals surface area contributed by atoms with Gasteiger partial charge in [-0.3, -0.25) is 4.79 Å². The van der Waals surface area contributed by atoms with Crippen molar-refractivity contribution >= 4 is 16.9 Å². The van der Waals surface area contributed by atoms with E-state index in [1.54, 1.807) is 12.1 Å². The van der Waals surface area contributed by atoms with Crippen LogP contribution in [-0.2, 0) is 13.1 Å². The normalized spacial score (nSPS) is 10.8. The van der Waals surface area contributed by atoms with Gasteiger partial charge in [-0.1, -0.05) is 24.3 Å². The Kier molecular flexibility index (Phi) is 8.18. The fourth-order valence-corrected chi connectivity index (χ4v) is 4.27. The number of amides is 1. The molecule has 1 heterocycles. The van der Waals surface area contributed by atoms with Crippen molar-refractivity contribution in [2.45, 2.75) is 33.4 Å². The van der Waals surface area contributed by atoms with Gasteiger partial charge in [0, 0.05) is 12.1 Å². The van der Waals surface area contributed by atoms with Gasteiger partial charge in [-0.2, -0.15) is 0 Å². The standard InChI is InChI=1S/C29H33N3O5/c1-19-10-8-13-24(20(19)2)37-15-9-14-32-23-12-7-6-11-22(23)31-27(32)18-30-29(33)21-16-25(34-3)28(36-5)26(17-21)35-4/h6-8,10-13,16-17H,9,14-15,18H2,1-5H3,(H,30,33). The Bertz CT molecular complexity index is 1370. The minimum absolute atomic E-state index is 0.266. The van der Waals surface area contributed by atoms with Gasteiger partial charge < -0.3 is 28.8 Å². The maximum Gasteiger partial charge on any atom is 0.251 e. The lowest BCUT2D eigenvalue weighted by Gasteiger charge is -2.15. The molecule has 0 atom stereocenters. The van der Waals surface area contributed by atoms with Gasteiger partial charge in [0.25, 0.3) is 5.91 Å². The van der Waals surface area contributed by atoms with Crippen molar-refractivity contribution in [2.24, 2.45) is 0 Å². The molecule has 0 saturated heterocycles. The summed E-state index contributed by atoms with van der Waals surface area (Å²) in [5.74, 6) is 2.69. The van der Waals surface area contributed by atoms with Gasteiger partial charge in [0.05, 0.1) is 45.5 Å². The van der Waals surface area contributed by atoms with E-state index in [-0.39, 0.29) is 12.5 Å². The van der Waals surface area contributed by atoms with Gasteiger partial charge >= 0.3 is 0 Å². The number of rotatable bonds is 11. The molecule has 0 unspecified atom stereocenters. The molecule has 8 nitrogen and oxygen atoms in total. The van der Waals surface area contributed by atoms with E-state index in [1.165, 1.54) is 26.9 Å². The predicted octanol–water partition coefficient (Wildman–Crippen LogP) is 5.08. The number of aromatic nitrogens is 2. The van der Waals surface area contributed by atoms with Gasteiger partial charge in [0.2, 0.25) is 5.75 Å². The van der Waals surface area contributed by atoms with Crippen molar-refractivity contribution in [2.75, 3.05) is 27.9 Å². The van der Waals surface area contributed by atoms with E-state index in [0.29, 0.717) is 36.0 Å². The summed E-state index contributed by atoms with van der Waals surface area (Å²) < 4.78 is 24.3. The zero-order valence-electron chi connectivity index (χ0n) is 22.0.